The summed E-state index contributed by atoms with van der Waals surface area (Å²) in [7, 11) is 0. The van der Waals surface area contributed by atoms with Crippen LogP contribution in [0.15, 0.2) is 22.8 Å². The van der Waals surface area contributed by atoms with Gasteiger partial charge in [0.2, 0.25) is 0 Å². The molecule has 0 aromatic carbocycles. The molecule has 86 valence electrons. The van der Waals surface area contributed by atoms with Gasteiger partial charge in [-0.1, -0.05) is 5.92 Å². The molecule has 17 heavy (non-hydrogen) atoms. The average Bonchev–Trinajstić information content (AvgIpc) is 2.66. The van der Waals surface area contributed by atoms with Gasteiger partial charge < -0.3 is 11.1 Å². The second-order valence-electron chi connectivity index (χ2n) is 3.28. The molecule has 0 spiro atoms. The lowest BCUT2D eigenvalue weighted by atomic mass is 10.4. The van der Waals surface area contributed by atoms with E-state index in [4.69, 9.17) is 12.2 Å². The highest BCUT2D eigenvalue weighted by Gasteiger charge is 2.17. The molecule has 2 aromatic heterocycles. The number of hydrogen-bond acceptors (Lipinski definition) is 3. The lowest BCUT2D eigenvalue weighted by Gasteiger charge is -1.99. The first-order valence-corrected chi connectivity index (χ1v) is 5.58. The first-order valence-electron chi connectivity index (χ1n) is 4.79. The van der Waals surface area contributed by atoms with Gasteiger partial charge in [0.1, 0.15) is 5.82 Å². The van der Waals surface area contributed by atoms with E-state index in [-0.39, 0.29) is 24.0 Å². The maximum atomic E-state index is 11.7. The second kappa shape index (κ2) is 4.47. The Bertz CT molecular complexity index is 626. The summed E-state index contributed by atoms with van der Waals surface area (Å²) in [6.45, 7) is 0.146. The van der Waals surface area contributed by atoms with Crippen LogP contribution in [0.4, 0.5) is 5.82 Å². The van der Waals surface area contributed by atoms with E-state index in [1.54, 1.807) is 16.7 Å². The number of anilines is 1. The number of terminal acetylenes is 1. The van der Waals surface area contributed by atoms with E-state index in [0.29, 0.717) is 5.65 Å². The zero-order chi connectivity index (χ0) is 12.4. The maximum absolute atomic E-state index is 11.7. The van der Waals surface area contributed by atoms with E-state index < -0.39 is 0 Å². The summed E-state index contributed by atoms with van der Waals surface area (Å²) in [6.07, 6.45) is 6.80. The minimum Gasteiger partial charge on any atom is -0.383 e. The number of rotatable bonds is 2. The molecule has 2 aromatic rings. The van der Waals surface area contributed by atoms with E-state index in [1.165, 1.54) is 0 Å². The van der Waals surface area contributed by atoms with Crippen LogP contribution in [0.2, 0.25) is 0 Å². The summed E-state index contributed by atoms with van der Waals surface area (Å²) < 4.78 is 2.40. The van der Waals surface area contributed by atoms with Gasteiger partial charge >= 0.3 is 0 Å². The highest BCUT2D eigenvalue weighted by molar-refractivity contribution is 9.10. The molecule has 0 bridgehead atoms. The van der Waals surface area contributed by atoms with Crippen LogP contribution in [0.5, 0.6) is 0 Å². The molecule has 0 saturated heterocycles. The minimum absolute atomic E-state index is 0.146. The van der Waals surface area contributed by atoms with Crippen molar-refractivity contribution in [2.45, 2.75) is 0 Å². The van der Waals surface area contributed by atoms with Gasteiger partial charge in [0, 0.05) is 6.20 Å². The number of fused-ring (bicyclic) bond motifs is 1. The highest BCUT2D eigenvalue weighted by Crippen LogP contribution is 2.21. The Balaban J connectivity index is 2.50. The van der Waals surface area contributed by atoms with Gasteiger partial charge in [-0.25, -0.2) is 4.98 Å². The zero-order valence-electron chi connectivity index (χ0n) is 8.77. The van der Waals surface area contributed by atoms with E-state index in [9.17, 15) is 4.79 Å². The highest BCUT2D eigenvalue weighted by atomic mass is 79.9. The molecule has 0 aliphatic heterocycles. The molecule has 0 atom stereocenters. The van der Waals surface area contributed by atoms with Crippen molar-refractivity contribution < 1.29 is 4.79 Å². The number of aromatic nitrogens is 2. The van der Waals surface area contributed by atoms with Crippen molar-refractivity contribution in [2.24, 2.45) is 0 Å². The number of imidazole rings is 1. The molecule has 0 unspecified atom stereocenters. The molecule has 0 radical (unpaired) electrons. The number of carbonyl (C=O) groups excluding carboxylic acids is 1. The monoisotopic (exact) mass is 292 g/mol. The van der Waals surface area contributed by atoms with Crippen molar-refractivity contribution in [3.63, 3.8) is 0 Å². The Labute approximate surface area is 106 Å². The van der Waals surface area contributed by atoms with Crippen molar-refractivity contribution in [1.82, 2.24) is 14.7 Å². The van der Waals surface area contributed by atoms with Crippen LogP contribution >= 0.6 is 15.9 Å². The summed E-state index contributed by atoms with van der Waals surface area (Å²) in [5.74, 6) is 2.23. The van der Waals surface area contributed by atoms with Crippen molar-refractivity contribution in [3.05, 3.63) is 28.5 Å². The number of hydrogen-bond donors (Lipinski definition) is 2. The summed E-state index contributed by atoms with van der Waals surface area (Å²) in [5, 5.41) is 2.52. The Hall–Kier alpha value is -2.00. The quantitative estimate of drug-likeness (QED) is 0.813. The third-order valence-electron chi connectivity index (χ3n) is 2.21. The van der Waals surface area contributed by atoms with E-state index in [1.807, 2.05) is 6.07 Å². The van der Waals surface area contributed by atoms with E-state index in [0.717, 1.165) is 4.47 Å². The van der Waals surface area contributed by atoms with E-state index >= 15 is 0 Å². The molecule has 0 aliphatic carbocycles. The van der Waals surface area contributed by atoms with Gasteiger partial charge in [-0.2, -0.15) is 0 Å². The molecule has 1 amide bonds. The van der Waals surface area contributed by atoms with Crippen LogP contribution in [-0.2, 0) is 0 Å². The topological polar surface area (TPSA) is 72.4 Å². The van der Waals surface area contributed by atoms with Crippen LogP contribution in [-0.4, -0.2) is 21.8 Å². The predicted molar refractivity (Wildman–Crippen MR) is 68.5 cm³/mol. The Morgan fingerprint density at radius 2 is 2.47 bits per heavy atom. The largest absolute Gasteiger partial charge is 0.383 e. The smallest absolute Gasteiger partial charge is 0.274 e. The number of nitrogens with two attached hydrogens (primary N) is 1. The van der Waals surface area contributed by atoms with Crippen LogP contribution in [0, 0.1) is 12.3 Å². The number of nitrogens with one attached hydrogen (secondary N) is 1. The summed E-state index contributed by atoms with van der Waals surface area (Å²) in [6, 6.07) is 3.63. The lowest BCUT2D eigenvalue weighted by molar-refractivity contribution is 0.0955. The third-order valence-corrected chi connectivity index (χ3v) is 2.82. The Morgan fingerprint density at radius 1 is 1.71 bits per heavy atom. The maximum Gasteiger partial charge on any atom is 0.274 e. The molecule has 0 fully saturated rings. The van der Waals surface area contributed by atoms with Crippen LogP contribution in [0.1, 0.15) is 10.5 Å². The van der Waals surface area contributed by atoms with Crippen molar-refractivity contribution in [3.8, 4) is 12.3 Å². The fraction of sp³-hybridized carbons (Fsp3) is 0.0909. The lowest BCUT2D eigenvalue weighted by Crippen LogP contribution is -2.24. The van der Waals surface area contributed by atoms with Crippen LogP contribution in [0.3, 0.4) is 0 Å². The SMILES string of the molecule is C#CCNC(=O)c1nc2c(Br)cccn2c1N. The van der Waals surface area contributed by atoms with Gasteiger partial charge in [0.25, 0.3) is 5.91 Å². The number of amides is 1. The summed E-state index contributed by atoms with van der Waals surface area (Å²) >= 11 is 3.34. The third kappa shape index (κ3) is 1.97. The van der Waals surface area contributed by atoms with Gasteiger partial charge in [-0.15, -0.1) is 6.42 Å². The van der Waals surface area contributed by atoms with Crippen molar-refractivity contribution in [2.75, 3.05) is 12.3 Å². The standard InChI is InChI=1S/C11H9BrN4O/c1-2-5-14-11(17)8-9(13)16-6-3-4-7(12)10(16)15-8/h1,3-4,6H,5,13H2,(H,14,17). The van der Waals surface area contributed by atoms with Gasteiger partial charge in [-0.05, 0) is 28.1 Å². The number of pyridine rings is 1. The number of halogens is 1. The normalized spacial score (nSPS) is 10.1. The van der Waals surface area contributed by atoms with Gasteiger partial charge in [0.05, 0.1) is 11.0 Å². The van der Waals surface area contributed by atoms with Gasteiger partial charge in [-0.3, -0.25) is 9.20 Å². The van der Waals surface area contributed by atoms with Crippen molar-refractivity contribution in [1.29, 1.82) is 0 Å². The van der Waals surface area contributed by atoms with Crippen molar-refractivity contribution >= 4 is 33.3 Å². The first kappa shape index (κ1) is 11.5. The molecular formula is C11H9BrN4O. The second-order valence-corrected chi connectivity index (χ2v) is 4.14. The molecule has 6 heteroatoms. The molecule has 2 heterocycles. The number of carbonyl (C=O) groups is 1. The first-order chi connectivity index (χ1) is 8.15. The molecule has 0 aliphatic rings. The van der Waals surface area contributed by atoms with E-state index in [2.05, 4.69) is 32.2 Å². The predicted octanol–water partition coefficient (Wildman–Crippen LogP) is 1.04. The molecule has 2 rings (SSSR count). The van der Waals surface area contributed by atoms with Crippen LogP contribution < -0.4 is 11.1 Å². The minimum atomic E-state index is -0.379. The zero-order valence-corrected chi connectivity index (χ0v) is 10.4. The Kier molecular flexibility index (Phi) is 3.02. The summed E-state index contributed by atoms with van der Waals surface area (Å²) in [4.78, 5) is 15.9. The number of nitrogen functional groups attached to an aromatic ring is 1. The van der Waals surface area contributed by atoms with Gasteiger partial charge in [0.15, 0.2) is 11.3 Å². The van der Waals surface area contributed by atoms with Crippen LogP contribution in [0.25, 0.3) is 5.65 Å². The Morgan fingerprint density at radius 3 is 3.12 bits per heavy atom. The molecule has 3 N–H and O–H groups in total. The fourth-order valence-corrected chi connectivity index (χ4v) is 1.87. The molecule has 0 saturated carbocycles. The average molecular weight is 293 g/mol. The molecular weight excluding hydrogens is 284 g/mol. The molecule has 5 nitrogen and oxygen atoms in total. The number of nitrogens with zero attached hydrogens (tertiary/aromatic N) is 2. The fourth-order valence-electron chi connectivity index (χ4n) is 1.43. The summed E-state index contributed by atoms with van der Waals surface area (Å²) in [5.41, 5.74) is 6.61.